The summed E-state index contributed by atoms with van der Waals surface area (Å²) in [6.45, 7) is 4.69. The van der Waals surface area contributed by atoms with Gasteiger partial charge in [0.25, 0.3) is 0 Å². The zero-order chi connectivity index (χ0) is 10.7. The first kappa shape index (κ1) is 10.7. The fourth-order valence-electron chi connectivity index (χ4n) is 2.30. The van der Waals surface area contributed by atoms with Gasteiger partial charge in [0.1, 0.15) is 0 Å². The molecule has 2 heterocycles. The molecule has 1 N–H and O–H groups in total. The molecule has 4 nitrogen and oxygen atoms in total. The van der Waals surface area contributed by atoms with Gasteiger partial charge in [-0.2, -0.15) is 0 Å². The van der Waals surface area contributed by atoms with E-state index in [4.69, 9.17) is 4.74 Å². The predicted octanol–water partition coefficient (Wildman–Crippen LogP) is 1.36. The van der Waals surface area contributed by atoms with Gasteiger partial charge in [0.15, 0.2) is 0 Å². The lowest BCUT2D eigenvalue weighted by molar-refractivity contribution is 0.0839. The van der Waals surface area contributed by atoms with E-state index in [0.29, 0.717) is 0 Å². The van der Waals surface area contributed by atoms with E-state index in [2.05, 4.69) is 5.32 Å². The van der Waals surface area contributed by atoms with Crippen molar-refractivity contribution in [3.63, 3.8) is 0 Å². The summed E-state index contributed by atoms with van der Waals surface area (Å²) in [5.74, 6) is 0. The van der Waals surface area contributed by atoms with Crippen LogP contribution in [0, 0.1) is 0 Å². The van der Waals surface area contributed by atoms with E-state index in [1.54, 1.807) is 0 Å². The lowest BCUT2D eigenvalue weighted by Crippen LogP contribution is -2.46. The maximum absolute atomic E-state index is 11.8. The number of rotatable bonds is 2. The van der Waals surface area contributed by atoms with E-state index in [1.165, 1.54) is 0 Å². The molecule has 4 heteroatoms. The van der Waals surface area contributed by atoms with Crippen molar-refractivity contribution in [1.82, 2.24) is 10.2 Å². The third-order valence-electron chi connectivity index (χ3n) is 3.27. The molecule has 0 saturated carbocycles. The smallest absolute Gasteiger partial charge is 0.317 e. The van der Waals surface area contributed by atoms with Crippen molar-refractivity contribution in [1.29, 1.82) is 0 Å². The molecule has 2 unspecified atom stereocenters. The van der Waals surface area contributed by atoms with E-state index in [9.17, 15) is 4.79 Å². The zero-order valence-corrected chi connectivity index (χ0v) is 9.37. The summed E-state index contributed by atoms with van der Waals surface area (Å²) in [6, 6.07) is 0.219. The summed E-state index contributed by atoms with van der Waals surface area (Å²) in [5.41, 5.74) is 0. The van der Waals surface area contributed by atoms with E-state index in [1.807, 2.05) is 11.8 Å². The van der Waals surface area contributed by atoms with Crippen LogP contribution >= 0.6 is 0 Å². The standard InChI is InChI=1S/C11H20N2O2/c1-9(10-5-4-8-15-10)12-11(14)13-6-2-3-7-13/h9-10H,2-8H2,1H3,(H,12,14). The number of urea groups is 1. The number of amides is 2. The van der Waals surface area contributed by atoms with E-state index >= 15 is 0 Å². The highest BCUT2D eigenvalue weighted by atomic mass is 16.5. The van der Waals surface area contributed by atoms with Crippen molar-refractivity contribution < 1.29 is 9.53 Å². The summed E-state index contributed by atoms with van der Waals surface area (Å²) in [7, 11) is 0. The van der Waals surface area contributed by atoms with Gasteiger partial charge in [-0.1, -0.05) is 0 Å². The normalized spacial score (nSPS) is 28.1. The van der Waals surface area contributed by atoms with Crippen LogP contribution in [0.1, 0.15) is 32.6 Å². The number of ether oxygens (including phenoxy) is 1. The average molecular weight is 212 g/mol. The fraction of sp³-hybridized carbons (Fsp3) is 0.909. The molecule has 0 aliphatic carbocycles. The molecule has 0 aromatic heterocycles. The zero-order valence-electron chi connectivity index (χ0n) is 9.37. The van der Waals surface area contributed by atoms with Crippen molar-refractivity contribution in [2.45, 2.75) is 44.8 Å². The Balaban J connectivity index is 1.77. The lowest BCUT2D eigenvalue weighted by Gasteiger charge is -2.23. The van der Waals surface area contributed by atoms with Crippen molar-refractivity contribution in [3.05, 3.63) is 0 Å². The van der Waals surface area contributed by atoms with Gasteiger partial charge in [0.05, 0.1) is 12.1 Å². The Kier molecular flexibility index (Phi) is 3.46. The van der Waals surface area contributed by atoms with Crippen LogP contribution < -0.4 is 5.32 Å². The van der Waals surface area contributed by atoms with Gasteiger partial charge < -0.3 is 15.0 Å². The number of carbonyl (C=O) groups is 1. The number of nitrogens with one attached hydrogen (secondary N) is 1. The van der Waals surface area contributed by atoms with Gasteiger partial charge in [0, 0.05) is 19.7 Å². The van der Waals surface area contributed by atoms with Gasteiger partial charge in [-0.25, -0.2) is 4.79 Å². The van der Waals surface area contributed by atoms with Gasteiger partial charge >= 0.3 is 6.03 Å². The van der Waals surface area contributed by atoms with Crippen LogP contribution in [0.4, 0.5) is 4.79 Å². The van der Waals surface area contributed by atoms with E-state index in [-0.39, 0.29) is 18.2 Å². The Morgan fingerprint density at radius 1 is 1.40 bits per heavy atom. The average Bonchev–Trinajstić information content (AvgIpc) is 2.91. The Labute approximate surface area is 91.0 Å². The lowest BCUT2D eigenvalue weighted by atomic mass is 10.1. The van der Waals surface area contributed by atoms with E-state index < -0.39 is 0 Å². The molecule has 2 amide bonds. The molecule has 0 spiro atoms. The maximum Gasteiger partial charge on any atom is 0.317 e. The Bertz CT molecular complexity index is 221. The highest BCUT2D eigenvalue weighted by molar-refractivity contribution is 5.74. The third kappa shape index (κ3) is 2.62. The van der Waals surface area contributed by atoms with Gasteiger partial charge in [0.2, 0.25) is 0 Å². The topological polar surface area (TPSA) is 41.6 Å². The second-order valence-electron chi connectivity index (χ2n) is 4.48. The Morgan fingerprint density at radius 2 is 2.13 bits per heavy atom. The van der Waals surface area contributed by atoms with Crippen LogP contribution in [-0.4, -0.2) is 42.8 Å². The quantitative estimate of drug-likeness (QED) is 0.751. The molecule has 86 valence electrons. The predicted molar refractivity (Wildman–Crippen MR) is 57.8 cm³/mol. The van der Waals surface area contributed by atoms with Gasteiger partial charge in [-0.05, 0) is 32.6 Å². The molecular formula is C11H20N2O2. The molecular weight excluding hydrogens is 192 g/mol. The van der Waals surface area contributed by atoms with Crippen LogP contribution in [0.5, 0.6) is 0 Å². The summed E-state index contributed by atoms with van der Waals surface area (Å²) < 4.78 is 5.55. The van der Waals surface area contributed by atoms with Crippen LogP contribution in [0.25, 0.3) is 0 Å². The molecule has 0 radical (unpaired) electrons. The number of likely N-dealkylation sites (tertiary alicyclic amines) is 1. The minimum atomic E-state index is 0.0792. The fourth-order valence-corrected chi connectivity index (χ4v) is 2.30. The van der Waals surface area contributed by atoms with Crippen molar-refractivity contribution in [2.75, 3.05) is 19.7 Å². The highest BCUT2D eigenvalue weighted by Crippen LogP contribution is 2.16. The molecule has 2 atom stereocenters. The van der Waals surface area contributed by atoms with Crippen LogP contribution in [0.2, 0.25) is 0 Å². The van der Waals surface area contributed by atoms with E-state index in [0.717, 1.165) is 45.4 Å². The Hall–Kier alpha value is -0.770. The van der Waals surface area contributed by atoms with Crippen molar-refractivity contribution in [3.8, 4) is 0 Å². The molecule has 2 aliphatic heterocycles. The maximum atomic E-state index is 11.8. The van der Waals surface area contributed by atoms with Crippen LogP contribution in [0.15, 0.2) is 0 Å². The molecule has 2 rings (SSSR count). The highest BCUT2D eigenvalue weighted by Gasteiger charge is 2.26. The molecule has 0 bridgehead atoms. The minimum Gasteiger partial charge on any atom is -0.376 e. The summed E-state index contributed by atoms with van der Waals surface area (Å²) in [6.07, 6.45) is 4.69. The van der Waals surface area contributed by atoms with Crippen molar-refractivity contribution in [2.24, 2.45) is 0 Å². The molecule has 15 heavy (non-hydrogen) atoms. The summed E-state index contributed by atoms with van der Waals surface area (Å²) in [5, 5.41) is 3.03. The first-order valence-electron chi connectivity index (χ1n) is 5.94. The monoisotopic (exact) mass is 212 g/mol. The van der Waals surface area contributed by atoms with Crippen LogP contribution in [0.3, 0.4) is 0 Å². The second kappa shape index (κ2) is 4.84. The molecule has 0 aromatic rings. The van der Waals surface area contributed by atoms with Crippen molar-refractivity contribution >= 4 is 6.03 Å². The SMILES string of the molecule is CC(NC(=O)N1CCCC1)C1CCCO1. The molecule has 0 aromatic carbocycles. The summed E-state index contributed by atoms with van der Waals surface area (Å²) >= 11 is 0. The van der Waals surface area contributed by atoms with Gasteiger partial charge in [-0.3, -0.25) is 0 Å². The van der Waals surface area contributed by atoms with Gasteiger partial charge in [-0.15, -0.1) is 0 Å². The molecule has 2 saturated heterocycles. The second-order valence-corrected chi connectivity index (χ2v) is 4.48. The largest absolute Gasteiger partial charge is 0.376 e. The number of carbonyl (C=O) groups excluding carboxylic acids is 1. The van der Waals surface area contributed by atoms with Crippen LogP contribution in [-0.2, 0) is 4.74 Å². The molecule has 2 aliphatic rings. The summed E-state index contributed by atoms with van der Waals surface area (Å²) in [4.78, 5) is 13.7. The first-order valence-corrected chi connectivity index (χ1v) is 5.94. The minimum absolute atomic E-state index is 0.0792. The number of hydrogen-bond acceptors (Lipinski definition) is 2. The third-order valence-corrected chi connectivity index (χ3v) is 3.27. The first-order chi connectivity index (χ1) is 7.27. The number of hydrogen-bond donors (Lipinski definition) is 1. The Morgan fingerprint density at radius 3 is 2.73 bits per heavy atom. The molecule has 2 fully saturated rings. The number of nitrogens with zero attached hydrogens (tertiary/aromatic N) is 1.